The van der Waals surface area contributed by atoms with E-state index in [0.717, 1.165) is 4.90 Å². The second-order valence-electron chi connectivity index (χ2n) is 7.25. The van der Waals surface area contributed by atoms with Gasteiger partial charge in [-0.15, -0.1) is 0 Å². The van der Waals surface area contributed by atoms with Crippen LogP contribution in [0.4, 0.5) is 9.18 Å². The number of carbonyl (C=O) groups is 1. The molecule has 1 aromatic heterocycles. The van der Waals surface area contributed by atoms with E-state index in [1.807, 2.05) is 0 Å². The summed E-state index contributed by atoms with van der Waals surface area (Å²) in [7, 11) is -4.32. The summed E-state index contributed by atoms with van der Waals surface area (Å²) in [5, 5.41) is 0. The summed E-state index contributed by atoms with van der Waals surface area (Å²) in [6.07, 6.45) is 1.70. The summed E-state index contributed by atoms with van der Waals surface area (Å²) in [5.74, 6) is 0. The maximum Gasteiger partial charge on any atom is 0.413 e. The Morgan fingerprint density at radius 1 is 1.40 bits per heavy atom. The van der Waals surface area contributed by atoms with Crippen LogP contribution in [0.25, 0.3) is 0 Å². The Morgan fingerprint density at radius 2 is 1.96 bits per heavy atom. The summed E-state index contributed by atoms with van der Waals surface area (Å²) in [6.45, 7) is 7.88. The summed E-state index contributed by atoms with van der Waals surface area (Å²) in [5.41, 5.74) is -4.36. The predicted molar refractivity (Wildman–Crippen MR) is 88.2 cm³/mol. The molecule has 0 bridgehead atoms. The molecule has 0 saturated carbocycles. The molecule has 1 saturated heterocycles. The van der Waals surface area contributed by atoms with Gasteiger partial charge < -0.3 is 9.47 Å². The fraction of sp³-hybridized carbons (Fsp3) is 0.625. The number of aromatic nitrogens is 1. The van der Waals surface area contributed by atoms with Crippen molar-refractivity contribution in [1.29, 1.82) is 0 Å². The van der Waals surface area contributed by atoms with Gasteiger partial charge in [0.2, 0.25) is 15.3 Å². The summed E-state index contributed by atoms with van der Waals surface area (Å²) in [6, 6.07) is 1.10. The third-order valence-electron chi connectivity index (χ3n) is 3.69. The van der Waals surface area contributed by atoms with Crippen LogP contribution in [0.2, 0.25) is 0 Å². The van der Waals surface area contributed by atoms with E-state index >= 15 is 4.39 Å². The van der Waals surface area contributed by atoms with Gasteiger partial charge in [-0.05, 0) is 46.8 Å². The van der Waals surface area contributed by atoms with Gasteiger partial charge in [0.15, 0.2) is 0 Å². The van der Waals surface area contributed by atoms with Crippen molar-refractivity contribution in [2.45, 2.75) is 62.4 Å². The molecule has 1 aliphatic heterocycles. The van der Waals surface area contributed by atoms with E-state index in [2.05, 4.69) is 4.98 Å². The number of pyridine rings is 1. The first-order valence-electron chi connectivity index (χ1n) is 7.80. The van der Waals surface area contributed by atoms with E-state index in [4.69, 9.17) is 9.47 Å². The van der Waals surface area contributed by atoms with Crippen LogP contribution in [0.15, 0.2) is 29.4 Å². The molecule has 2 rings (SSSR count). The van der Waals surface area contributed by atoms with E-state index in [-0.39, 0.29) is 11.5 Å². The van der Waals surface area contributed by atoms with Gasteiger partial charge in [0.25, 0.3) is 0 Å². The quantitative estimate of drug-likeness (QED) is 0.808. The number of halogens is 1. The van der Waals surface area contributed by atoms with Crippen LogP contribution in [-0.2, 0) is 19.3 Å². The zero-order valence-corrected chi connectivity index (χ0v) is 15.7. The van der Waals surface area contributed by atoms with Gasteiger partial charge in [0.05, 0.1) is 11.5 Å². The molecule has 1 aliphatic rings. The zero-order valence-electron chi connectivity index (χ0n) is 14.9. The fourth-order valence-electron chi connectivity index (χ4n) is 2.56. The Morgan fingerprint density at radius 3 is 2.48 bits per heavy atom. The smallest absolute Gasteiger partial charge is 0.413 e. The molecule has 1 amide bonds. The van der Waals surface area contributed by atoms with E-state index in [1.54, 1.807) is 34.6 Å². The molecule has 1 aromatic rings. The zero-order chi connectivity index (χ0) is 19.0. The number of carbonyl (C=O) groups excluding carboxylic acids is 1. The second-order valence-corrected chi connectivity index (χ2v) is 9.27. The molecule has 9 heteroatoms. The molecule has 0 N–H and O–H groups in total. The van der Waals surface area contributed by atoms with Gasteiger partial charge in [-0.3, -0.25) is 9.88 Å². The number of nitrogens with zero attached hydrogens (tertiary/aromatic N) is 2. The van der Waals surface area contributed by atoms with Crippen LogP contribution < -0.4 is 0 Å². The van der Waals surface area contributed by atoms with Crippen LogP contribution in [-0.4, -0.2) is 53.9 Å². The summed E-state index contributed by atoms with van der Waals surface area (Å²) >= 11 is 0. The number of rotatable bonds is 3. The van der Waals surface area contributed by atoms with Crippen molar-refractivity contribution in [3.05, 3.63) is 24.5 Å². The minimum atomic E-state index is -4.32. The highest BCUT2D eigenvalue weighted by Gasteiger charge is 2.52. The molecule has 0 spiro atoms. The molecular weight excluding hydrogens is 351 g/mol. The highest BCUT2D eigenvalue weighted by atomic mass is 32.2. The second kappa shape index (κ2) is 6.53. The highest BCUT2D eigenvalue weighted by Crippen LogP contribution is 2.34. The SMILES string of the molecule is CC(C)(C)OC(=O)N1[C@H]([C@H](F)S(=O)(=O)c2ccncc2)COC1(C)C. The molecule has 0 aliphatic carbocycles. The van der Waals surface area contributed by atoms with Crippen LogP contribution in [0, 0.1) is 0 Å². The number of sulfone groups is 1. The fourth-order valence-corrected chi connectivity index (χ4v) is 3.93. The molecular formula is C16H23FN2O5S. The maximum absolute atomic E-state index is 15.0. The number of alkyl halides is 1. The van der Waals surface area contributed by atoms with Crippen molar-refractivity contribution in [2.75, 3.05) is 6.61 Å². The Balaban J connectivity index is 2.34. The van der Waals surface area contributed by atoms with Crippen molar-refractivity contribution in [3.8, 4) is 0 Å². The largest absolute Gasteiger partial charge is 0.444 e. The molecule has 140 valence electrons. The van der Waals surface area contributed by atoms with Gasteiger partial charge >= 0.3 is 6.09 Å². The monoisotopic (exact) mass is 374 g/mol. The Bertz CT molecular complexity index is 731. The Kier molecular flexibility index (Phi) is 5.11. The van der Waals surface area contributed by atoms with Gasteiger partial charge in [0.1, 0.15) is 17.4 Å². The highest BCUT2D eigenvalue weighted by molar-refractivity contribution is 7.92. The van der Waals surface area contributed by atoms with Crippen molar-refractivity contribution >= 4 is 15.9 Å². The maximum atomic E-state index is 15.0. The summed E-state index contributed by atoms with van der Waals surface area (Å²) < 4.78 is 50.9. The number of hydrogen-bond acceptors (Lipinski definition) is 6. The van der Waals surface area contributed by atoms with Crippen LogP contribution in [0.5, 0.6) is 0 Å². The lowest BCUT2D eigenvalue weighted by Gasteiger charge is -2.35. The minimum Gasteiger partial charge on any atom is -0.444 e. The van der Waals surface area contributed by atoms with Crippen molar-refractivity contribution < 1.29 is 27.1 Å². The topological polar surface area (TPSA) is 85.8 Å². The molecule has 2 atom stereocenters. The van der Waals surface area contributed by atoms with Crippen molar-refractivity contribution in [1.82, 2.24) is 9.88 Å². The van der Waals surface area contributed by atoms with Crippen LogP contribution in [0.3, 0.4) is 0 Å². The molecule has 0 radical (unpaired) electrons. The van der Waals surface area contributed by atoms with Gasteiger partial charge in [-0.2, -0.15) is 0 Å². The van der Waals surface area contributed by atoms with Crippen LogP contribution >= 0.6 is 0 Å². The third-order valence-corrected chi connectivity index (χ3v) is 5.52. The normalized spacial score (nSPS) is 21.8. The number of hydrogen-bond donors (Lipinski definition) is 0. The average molecular weight is 374 g/mol. The van der Waals surface area contributed by atoms with E-state index in [9.17, 15) is 13.2 Å². The Hall–Kier alpha value is -1.74. The van der Waals surface area contributed by atoms with Gasteiger partial charge in [-0.1, -0.05) is 0 Å². The lowest BCUT2D eigenvalue weighted by atomic mass is 10.2. The van der Waals surface area contributed by atoms with Crippen molar-refractivity contribution in [3.63, 3.8) is 0 Å². The van der Waals surface area contributed by atoms with E-state index in [1.165, 1.54) is 24.5 Å². The molecule has 2 heterocycles. The Labute approximate surface area is 147 Å². The predicted octanol–water partition coefficient (Wildman–Crippen LogP) is 2.52. The average Bonchev–Trinajstić information content (AvgIpc) is 2.81. The van der Waals surface area contributed by atoms with Gasteiger partial charge in [0, 0.05) is 12.4 Å². The molecule has 7 nitrogen and oxygen atoms in total. The van der Waals surface area contributed by atoms with Gasteiger partial charge in [-0.25, -0.2) is 17.6 Å². The number of amides is 1. The lowest BCUT2D eigenvalue weighted by molar-refractivity contribution is -0.0637. The molecule has 1 fully saturated rings. The molecule has 0 unspecified atom stereocenters. The van der Waals surface area contributed by atoms with E-state index < -0.39 is 38.8 Å². The third kappa shape index (κ3) is 4.09. The first-order chi connectivity index (χ1) is 11.4. The van der Waals surface area contributed by atoms with E-state index in [0.29, 0.717) is 0 Å². The summed E-state index contributed by atoms with van der Waals surface area (Å²) in [4.78, 5) is 17.0. The standard InChI is InChI=1S/C16H23FN2O5S/c1-15(2,3)24-14(20)19-12(10-23-16(19,4)5)13(17)25(21,22)11-6-8-18-9-7-11/h6-9,12-13H,10H2,1-5H3/t12-,13+/m0/s1. The lowest BCUT2D eigenvalue weighted by Crippen LogP contribution is -2.53. The molecule has 0 aromatic carbocycles. The van der Waals surface area contributed by atoms with Crippen LogP contribution in [0.1, 0.15) is 34.6 Å². The minimum absolute atomic E-state index is 0.205. The number of ether oxygens (including phenoxy) is 2. The van der Waals surface area contributed by atoms with Crippen molar-refractivity contribution in [2.24, 2.45) is 0 Å². The molecule has 25 heavy (non-hydrogen) atoms. The first kappa shape index (κ1) is 19.6. The first-order valence-corrected chi connectivity index (χ1v) is 9.35.